The van der Waals surface area contributed by atoms with E-state index in [1.165, 1.54) is 56.7 Å². The summed E-state index contributed by atoms with van der Waals surface area (Å²) in [5.41, 5.74) is 2.71. The first-order valence-corrected chi connectivity index (χ1v) is 10.9. The quantitative estimate of drug-likeness (QED) is 0.228. The molecule has 0 spiro atoms. The van der Waals surface area contributed by atoms with E-state index in [1.807, 2.05) is 7.05 Å². The fourth-order valence-electron chi connectivity index (χ4n) is 3.64. The fraction of sp³-hybridized carbons (Fsp3) is 0.696. The summed E-state index contributed by atoms with van der Waals surface area (Å²) in [5.74, 6) is 1.58. The van der Waals surface area contributed by atoms with Crippen LogP contribution in [0.4, 0.5) is 0 Å². The summed E-state index contributed by atoms with van der Waals surface area (Å²) < 4.78 is 0. The lowest BCUT2D eigenvalue weighted by Crippen LogP contribution is -2.44. The SMILES string of the molecule is CN=C(NCCCCN1CCN(C)CC1)NC(C)c1ccc(CC(C)C)cc1.I. The monoisotopic (exact) mass is 515 g/mol. The average Bonchev–Trinajstić information content (AvgIpc) is 2.68. The molecule has 0 aromatic heterocycles. The average molecular weight is 516 g/mol. The molecule has 0 radical (unpaired) electrons. The summed E-state index contributed by atoms with van der Waals surface area (Å²) in [5, 5.41) is 6.98. The zero-order valence-electron chi connectivity index (χ0n) is 19.1. The van der Waals surface area contributed by atoms with Crippen LogP contribution in [0.5, 0.6) is 0 Å². The largest absolute Gasteiger partial charge is 0.356 e. The van der Waals surface area contributed by atoms with Crippen LogP contribution < -0.4 is 10.6 Å². The number of rotatable bonds is 9. The number of aliphatic imine (C=N–C) groups is 1. The lowest BCUT2D eigenvalue weighted by Gasteiger charge is -2.32. The first-order chi connectivity index (χ1) is 13.5. The van der Waals surface area contributed by atoms with Crippen molar-refractivity contribution in [1.29, 1.82) is 0 Å². The molecule has 2 rings (SSSR count). The van der Waals surface area contributed by atoms with Crippen molar-refractivity contribution in [3.63, 3.8) is 0 Å². The lowest BCUT2D eigenvalue weighted by atomic mass is 10.00. The van der Waals surface area contributed by atoms with E-state index in [1.54, 1.807) is 0 Å². The molecule has 0 aliphatic carbocycles. The molecule has 166 valence electrons. The van der Waals surface area contributed by atoms with Crippen LogP contribution in [0.1, 0.15) is 50.8 Å². The smallest absolute Gasteiger partial charge is 0.191 e. The molecule has 1 aromatic rings. The summed E-state index contributed by atoms with van der Waals surface area (Å²) in [6.07, 6.45) is 3.55. The fourth-order valence-corrected chi connectivity index (χ4v) is 3.64. The zero-order valence-corrected chi connectivity index (χ0v) is 21.4. The van der Waals surface area contributed by atoms with Crippen molar-refractivity contribution in [3.8, 4) is 0 Å². The van der Waals surface area contributed by atoms with Gasteiger partial charge in [0.2, 0.25) is 0 Å². The van der Waals surface area contributed by atoms with Gasteiger partial charge in [0, 0.05) is 39.8 Å². The van der Waals surface area contributed by atoms with Crippen molar-refractivity contribution in [2.24, 2.45) is 10.9 Å². The van der Waals surface area contributed by atoms with Gasteiger partial charge in [0.25, 0.3) is 0 Å². The number of nitrogens with zero attached hydrogens (tertiary/aromatic N) is 3. The maximum Gasteiger partial charge on any atom is 0.191 e. The standard InChI is InChI=1S/C23H41N5.HI/c1-19(2)18-21-8-10-22(11-9-21)20(3)26-23(24-4)25-12-6-7-13-28-16-14-27(5)15-17-28;/h8-11,19-20H,6-7,12-18H2,1-5H3,(H2,24,25,26);1H. The third-order valence-corrected chi connectivity index (χ3v) is 5.49. The third kappa shape index (κ3) is 10.1. The Morgan fingerprint density at radius 3 is 2.28 bits per heavy atom. The predicted octanol–water partition coefficient (Wildman–Crippen LogP) is 3.76. The van der Waals surface area contributed by atoms with Crippen LogP contribution in [-0.4, -0.2) is 69.1 Å². The van der Waals surface area contributed by atoms with Crippen LogP contribution in [0.15, 0.2) is 29.3 Å². The van der Waals surface area contributed by atoms with Crippen LogP contribution in [0.3, 0.4) is 0 Å². The molecule has 0 saturated carbocycles. The third-order valence-electron chi connectivity index (χ3n) is 5.49. The Labute approximate surface area is 195 Å². The number of hydrogen-bond acceptors (Lipinski definition) is 3. The van der Waals surface area contributed by atoms with E-state index in [0.717, 1.165) is 18.9 Å². The Bertz CT molecular complexity index is 579. The number of hydrogen-bond donors (Lipinski definition) is 2. The zero-order chi connectivity index (χ0) is 20.4. The van der Waals surface area contributed by atoms with Crippen LogP contribution in [0.25, 0.3) is 0 Å². The molecule has 1 aromatic carbocycles. The van der Waals surface area contributed by atoms with Crippen molar-refractivity contribution < 1.29 is 0 Å². The molecule has 0 bridgehead atoms. The lowest BCUT2D eigenvalue weighted by molar-refractivity contribution is 0.152. The van der Waals surface area contributed by atoms with E-state index in [-0.39, 0.29) is 30.0 Å². The Hall–Kier alpha value is -0.860. The number of unbranched alkanes of at least 4 members (excludes halogenated alkanes) is 1. The molecule has 1 unspecified atom stereocenters. The Morgan fingerprint density at radius 2 is 1.69 bits per heavy atom. The molecule has 1 fully saturated rings. The minimum atomic E-state index is 0. The maximum atomic E-state index is 4.38. The second-order valence-electron chi connectivity index (χ2n) is 8.56. The number of guanidine groups is 1. The molecule has 5 nitrogen and oxygen atoms in total. The van der Waals surface area contributed by atoms with Gasteiger partial charge >= 0.3 is 0 Å². The van der Waals surface area contributed by atoms with Gasteiger partial charge in [-0.1, -0.05) is 38.1 Å². The molecular formula is C23H42IN5. The van der Waals surface area contributed by atoms with E-state index in [0.29, 0.717) is 5.92 Å². The van der Waals surface area contributed by atoms with Crippen molar-refractivity contribution in [1.82, 2.24) is 20.4 Å². The maximum absolute atomic E-state index is 4.38. The van der Waals surface area contributed by atoms with E-state index in [2.05, 4.69) is 77.5 Å². The van der Waals surface area contributed by atoms with Gasteiger partial charge in [0.15, 0.2) is 5.96 Å². The number of benzene rings is 1. The normalized spacial score (nSPS) is 17.1. The van der Waals surface area contributed by atoms with Gasteiger partial charge in [-0.05, 0) is 56.8 Å². The van der Waals surface area contributed by atoms with Crippen LogP contribution in [0.2, 0.25) is 0 Å². The molecule has 29 heavy (non-hydrogen) atoms. The van der Waals surface area contributed by atoms with E-state index in [9.17, 15) is 0 Å². The van der Waals surface area contributed by atoms with Crippen LogP contribution >= 0.6 is 24.0 Å². The minimum Gasteiger partial charge on any atom is -0.356 e. The molecule has 1 saturated heterocycles. The van der Waals surface area contributed by atoms with Crippen molar-refractivity contribution in [3.05, 3.63) is 35.4 Å². The molecule has 1 atom stereocenters. The van der Waals surface area contributed by atoms with Gasteiger partial charge < -0.3 is 20.4 Å². The van der Waals surface area contributed by atoms with E-state index < -0.39 is 0 Å². The van der Waals surface area contributed by atoms with Crippen molar-refractivity contribution >= 4 is 29.9 Å². The van der Waals surface area contributed by atoms with Gasteiger partial charge in [0.05, 0.1) is 6.04 Å². The van der Waals surface area contributed by atoms with Gasteiger partial charge in [-0.25, -0.2) is 0 Å². The van der Waals surface area contributed by atoms with Crippen molar-refractivity contribution in [2.75, 3.05) is 53.4 Å². The summed E-state index contributed by atoms with van der Waals surface area (Å²) in [4.78, 5) is 9.38. The van der Waals surface area contributed by atoms with Gasteiger partial charge in [-0.2, -0.15) is 0 Å². The van der Waals surface area contributed by atoms with Crippen molar-refractivity contribution in [2.45, 2.75) is 46.1 Å². The highest BCUT2D eigenvalue weighted by Crippen LogP contribution is 2.15. The second kappa shape index (κ2) is 14.2. The number of likely N-dealkylation sites (N-methyl/N-ethyl adjacent to an activating group) is 1. The van der Waals surface area contributed by atoms with E-state index in [4.69, 9.17) is 0 Å². The Morgan fingerprint density at radius 1 is 1.03 bits per heavy atom. The molecule has 6 heteroatoms. The molecule has 1 heterocycles. The van der Waals surface area contributed by atoms with E-state index >= 15 is 0 Å². The van der Waals surface area contributed by atoms with Crippen LogP contribution in [0, 0.1) is 5.92 Å². The first-order valence-electron chi connectivity index (χ1n) is 10.9. The van der Waals surface area contributed by atoms with Crippen LogP contribution in [-0.2, 0) is 6.42 Å². The predicted molar refractivity (Wildman–Crippen MR) is 136 cm³/mol. The first kappa shape index (κ1) is 26.2. The Balaban J connectivity index is 0.00000420. The molecule has 0 amide bonds. The summed E-state index contributed by atoms with van der Waals surface area (Å²) in [6, 6.07) is 9.21. The molecule has 1 aliphatic rings. The summed E-state index contributed by atoms with van der Waals surface area (Å²) in [7, 11) is 4.05. The summed E-state index contributed by atoms with van der Waals surface area (Å²) in [6.45, 7) is 13.7. The second-order valence-corrected chi connectivity index (χ2v) is 8.56. The molecule has 2 N–H and O–H groups in total. The number of nitrogens with one attached hydrogen (secondary N) is 2. The minimum absolute atomic E-state index is 0. The molecule has 1 aliphatic heterocycles. The highest BCUT2D eigenvalue weighted by molar-refractivity contribution is 14.0. The van der Waals surface area contributed by atoms with Gasteiger partial charge in [-0.3, -0.25) is 4.99 Å². The number of halogens is 1. The molecular weight excluding hydrogens is 473 g/mol. The van der Waals surface area contributed by atoms with Gasteiger partial charge in [0.1, 0.15) is 0 Å². The highest BCUT2D eigenvalue weighted by Gasteiger charge is 2.13. The summed E-state index contributed by atoms with van der Waals surface area (Å²) >= 11 is 0. The highest BCUT2D eigenvalue weighted by atomic mass is 127. The number of piperazine rings is 1. The van der Waals surface area contributed by atoms with Gasteiger partial charge in [-0.15, -0.1) is 24.0 Å². The Kier molecular flexibility index (Phi) is 12.8. The topological polar surface area (TPSA) is 42.9 Å².